The van der Waals surface area contributed by atoms with E-state index in [0.717, 1.165) is 11.3 Å². The van der Waals surface area contributed by atoms with Gasteiger partial charge < -0.3 is 5.32 Å². The summed E-state index contributed by atoms with van der Waals surface area (Å²) >= 11 is 0. The highest BCUT2D eigenvalue weighted by atomic mass is 16.7. The fraction of sp³-hybridized carbons (Fsp3) is 0.333. The second-order valence-electron chi connectivity index (χ2n) is 3.95. The van der Waals surface area contributed by atoms with Gasteiger partial charge in [0, 0.05) is 17.7 Å². The van der Waals surface area contributed by atoms with Crippen LogP contribution in [0.3, 0.4) is 0 Å². The predicted molar refractivity (Wildman–Crippen MR) is 62.3 cm³/mol. The minimum absolute atomic E-state index is 0.0153. The van der Waals surface area contributed by atoms with E-state index in [9.17, 15) is 9.59 Å². The quantitative estimate of drug-likeness (QED) is 0.871. The summed E-state index contributed by atoms with van der Waals surface area (Å²) in [6.45, 7) is 1.50. The van der Waals surface area contributed by atoms with Crippen molar-refractivity contribution in [1.82, 2.24) is 5.06 Å². The van der Waals surface area contributed by atoms with Gasteiger partial charge in [0.05, 0.1) is 13.2 Å². The maximum Gasteiger partial charge on any atom is 0.346 e. The first-order chi connectivity index (χ1) is 8.13. The van der Waals surface area contributed by atoms with Crippen LogP contribution in [0.1, 0.15) is 24.9 Å². The molecule has 1 aliphatic heterocycles. The van der Waals surface area contributed by atoms with Crippen LogP contribution in [-0.2, 0) is 9.63 Å². The molecular weight excluding hydrogens is 220 g/mol. The first kappa shape index (κ1) is 11.6. The van der Waals surface area contributed by atoms with Crippen LogP contribution in [0.5, 0.6) is 0 Å². The summed E-state index contributed by atoms with van der Waals surface area (Å²) in [6.07, 6.45) is 0.248. The Morgan fingerprint density at radius 2 is 2.18 bits per heavy atom. The lowest BCUT2D eigenvalue weighted by Crippen LogP contribution is -2.42. The van der Waals surface area contributed by atoms with Crippen LogP contribution in [0.15, 0.2) is 24.3 Å². The lowest BCUT2D eigenvalue weighted by Gasteiger charge is -2.34. The van der Waals surface area contributed by atoms with Crippen molar-refractivity contribution in [2.45, 2.75) is 19.4 Å². The third kappa shape index (κ3) is 2.14. The summed E-state index contributed by atoms with van der Waals surface area (Å²) in [6, 6.07) is 6.70. The fourth-order valence-electron chi connectivity index (χ4n) is 2.01. The van der Waals surface area contributed by atoms with Crippen molar-refractivity contribution in [3.63, 3.8) is 0 Å². The fourth-order valence-corrected chi connectivity index (χ4v) is 2.01. The molecule has 0 aliphatic carbocycles. The smallest absolute Gasteiger partial charge is 0.306 e. The van der Waals surface area contributed by atoms with Gasteiger partial charge in [-0.2, -0.15) is 5.06 Å². The van der Waals surface area contributed by atoms with Gasteiger partial charge in [-0.15, -0.1) is 0 Å². The van der Waals surface area contributed by atoms with Crippen molar-refractivity contribution >= 4 is 17.5 Å². The molecule has 1 aromatic carbocycles. The van der Waals surface area contributed by atoms with Gasteiger partial charge in [0.2, 0.25) is 0 Å². The van der Waals surface area contributed by atoms with Gasteiger partial charge in [-0.05, 0) is 13.0 Å². The number of anilines is 1. The van der Waals surface area contributed by atoms with Crippen LogP contribution in [0, 0.1) is 0 Å². The van der Waals surface area contributed by atoms with Crippen LogP contribution in [0.2, 0.25) is 0 Å². The molecule has 0 spiro atoms. The Bertz CT molecular complexity index is 459. The number of benzene rings is 1. The zero-order chi connectivity index (χ0) is 12.4. The van der Waals surface area contributed by atoms with E-state index in [1.807, 2.05) is 24.3 Å². The number of para-hydroxylation sites is 1. The van der Waals surface area contributed by atoms with E-state index in [2.05, 4.69) is 5.32 Å². The normalized spacial score (nSPS) is 18.6. The van der Waals surface area contributed by atoms with Gasteiger partial charge in [0.1, 0.15) is 5.78 Å². The number of rotatable bonds is 3. The van der Waals surface area contributed by atoms with E-state index in [1.54, 1.807) is 0 Å². The molecule has 90 valence electrons. The Labute approximate surface area is 99.3 Å². The van der Waals surface area contributed by atoms with Crippen molar-refractivity contribution < 1.29 is 14.4 Å². The summed E-state index contributed by atoms with van der Waals surface area (Å²) in [5.74, 6) is 0.0153. The van der Waals surface area contributed by atoms with Crippen LogP contribution >= 0.6 is 0 Å². The monoisotopic (exact) mass is 234 g/mol. The molecule has 2 rings (SSSR count). The van der Waals surface area contributed by atoms with E-state index in [-0.39, 0.29) is 24.3 Å². The highest BCUT2D eigenvalue weighted by molar-refractivity contribution is 5.93. The summed E-state index contributed by atoms with van der Waals surface area (Å²) in [4.78, 5) is 28.1. The van der Waals surface area contributed by atoms with Gasteiger partial charge in [-0.25, -0.2) is 4.79 Å². The number of urea groups is 1. The topological polar surface area (TPSA) is 58.6 Å². The molecule has 0 bridgehead atoms. The summed E-state index contributed by atoms with van der Waals surface area (Å²) in [5, 5.41) is 3.91. The minimum Gasteiger partial charge on any atom is -0.306 e. The minimum atomic E-state index is -0.359. The number of nitrogens with one attached hydrogen (secondary N) is 1. The van der Waals surface area contributed by atoms with Crippen LogP contribution in [0.25, 0.3) is 0 Å². The average Bonchev–Trinajstić information content (AvgIpc) is 2.28. The van der Waals surface area contributed by atoms with Crippen molar-refractivity contribution in [2.24, 2.45) is 0 Å². The number of carbonyl (C=O) groups excluding carboxylic acids is 2. The molecule has 1 unspecified atom stereocenters. The van der Waals surface area contributed by atoms with E-state index in [1.165, 1.54) is 19.1 Å². The largest absolute Gasteiger partial charge is 0.346 e. The molecule has 1 aliphatic rings. The van der Waals surface area contributed by atoms with Gasteiger partial charge >= 0.3 is 6.03 Å². The van der Waals surface area contributed by atoms with Crippen LogP contribution in [-0.4, -0.2) is 24.0 Å². The number of hydrogen-bond acceptors (Lipinski definition) is 3. The number of hydroxylamine groups is 2. The Kier molecular flexibility index (Phi) is 3.10. The number of amides is 2. The van der Waals surface area contributed by atoms with Gasteiger partial charge in [-0.1, -0.05) is 18.2 Å². The molecule has 0 fully saturated rings. The van der Waals surface area contributed by atoms with Crippen LogP contribution < -0.4 is 5.32 Å². The van der Waals surface area contributed by atoms with E-state index in [4.69, 9.17) is 4.84 Å². The van der Waals surface area contributed by atoms with Gasteiger partial charge in [0.15, 0.2) is 0 Å². The molecule has 2 amide bonds. The summed E-state index contributed by atoms with van der Waals surface area (Å²) < 4.78 is 0. The van der Waals surface area contributed by atoms with Crippen molar-refractivity contribution in [3.05, 3.63) is 29.8 Å². The summed E-state index contributed by atoms with van der Waals surface area (Å²) in [7, 11) is 1.42. The molecule has 1 aromatic rings. The lowest BCUT2D eigenvalue weighted by atomic mass is 9.98. The highest BCUT2D eigenvalue weighted by Crippen LogP contribution is 2.34. The van der Waals surface area contributed by atoms with Crippen molar-refractivity contribution in [2.75, 3.05) is 12.4 Å². The third-order valence-corrected chi connectivity index (χ3v) is 2.72. The molecule has 5 heteroatoms. The van der Waals surface area contributed by atoms with Gasteiger partial charge in [0.25, 0.3) is 0 Å². The predicted octanol–water partition coefficient (Wildman–Crippen LogP) is 2.12. The zero-order valence-corrected chi connectivity index (χ0v) is 9.77. The molecule has 17 heavy (non-hydrogen) atoms. The Morgan fingerprint density at radius 1 is 1.47 bits per heavy atom. The van der Waals surface area contributed by atoms with E-state index < -0.39 is 0 Å². The molecule has 0 aromatic heterocycles. The Hall–Kier alpha value is -1.88. The lowest BCUT2D eigenvalue weighted by molar-refractivity contribution is -0.132. The first-order valence-electron chi connectivity index (χ1n) is 5.36. The first-order valence-corrected chi connectivity index (χ1v) is 5.36. The van der Waals surface area contributed by atoms with Crippen molar-refractivity contribution in [3.8, 4) is 0 Å². The maximum absolute atomic E-state index is 11.8. The van der Waals surface area contributed by atoms with E-state index in [0.29, 0.717) is 0 Å². The number of ketones is 1. The molecule has 0 saturated heterocycles. The number of fused-ring (bicyclic) bond motifs is 1. The molecular formula is C12H14N2O3. The molecule has 5 nitrogen and oxygen atoms in total. The summed E-state index contributed by atoms with van der Waals surface area (Å²) in [5.41, 5.74) is 1.63. The molecule has 0 radical (unpaired) electrons. The molecule has 1 heterocycles. The Morgan fingerprint density at radius 3 is 2.82 bits per heavy atom. The molecule has 1 atom stereocenters. The number of Topliss-reactive ketones (excluding diaryl/α,β-unsaturated/α-hetero) is 1. The molecule has 0 saturated carbocycles. The van der Waals surface area contributed by atoms with E-state index >= 15 is 0 Å². The second kappa shape index (κ2) is 4.55. The maximum atomic E-state index is 11.8. The van der Waals surface area contributed by atoms with Crippen LogP contribution in [0.4, 0.5) is 10.5 Å². The number of hydrogen-bond donors (Lipinski definition) is 1. The SMILES string of the molecule is CON1C(=O)Nc2ccccc2C1CC(C)=O. The zero-order valence-electron chi connectivity index (χ0n) is 9.77. The average molecular weight is 234 g/mol. The number of nitrogens with zero attached hydrogens (tertiary/aromatic N) is 1. The third-order valence-electron chi connectivity index (χ3n) is 2.72. The van der Waals surface area contributed by atoms with Crippen molar-refractivity contribution in [1.29, 1.82) is 0 Å². The number of carbonyl (C=O) groups is 2. The Balaban J connectivity index is 2.42. The highest BCUT2D eigenvalue weighted by Gasteiger charge is 2.33. The van der Waals surface area contributed by atoms with Gasteiger partial charge in [-0.3, -0.25) is 9.63 Å². The standard InChI is InChI=1S/C12H14N2O3/c1-8(15)7-11-9-5-3-4-6-10(9)13-12(16)14(11)17-2/h3-6,11H,7H2,1-2H3,(H,13,16). The molecule has 1 N–H and O–H groups in total. The second-order valence-corrected chi connectivity index (χ2v) is 3.95.